The third kappa shape index (κ3) is 3.01. The molecule has 0 radical (unpaired) electrons. The third-order valence-corrected chi connectivity index (χ3v) is 2.76. The summed E-state index contributed by atoms with van der Waals surface area (Å²) in [6, 6.07) is 0. The van der Waals surface area contributed by atoms with Gasteiger partial charge >= 0.3 is 5.97 Å². The smallest absolute Gasteiger partial charge is 0.303 e. The lowest BCUT2D eigenvalue weighted by Gasteiger charge is -2.34. The molecular weight excluding hydrogens is 182 g/mol. The highest BCUT2D eigenvalue weighted by molar-refractivity contribution is 5.76. The Bertz CT molecular complexity index is 232. The maximum Gasteiger partial charge on any atom is 0.303 e. The lowest BCUT2D eigenvalue weighted by molar-refractivity contribution is -0.139. The second kappa shape index (κ2) is 4.44. The summed E-state index contributed by atoms with van der Waals surface area (Å²) in [5.74, 6) is 0.123. The van der Waals surface area contributed by atoms with Crippen LogP contribution in [0.4, 0.5) is 0 Å². The van der Waals surface area contributed by atoms with Crippen LogP contribution in [0.1, 0.15) is 25.7 Å². The summed E-state index contributed by atoms with van der Waals surface area (Å²) in [6.45, 7) is 0. The van der Waals surface area contributed by atoms with Gasteiger partial charge in [-0.1, -0.05) is 0 Å². The van der Waals surface area contributed by atoms with Crippen LogP contribution in [0.2, 0.25) is 0 Å². The molecule has 4 heteroatoms. The topological polar surface area (TPSA) is 57.6 Å². The van der Waals surface area contributed by atoms with Gasteiger partial charge in [0.2, 0.25) is 5.91 Å². The SMILES string of the molecule is CN(C)C(=O)CC1CC(CC(=O)O)C1. The molecule has 80 valence electrons. The highest BCUT2D eigenvalue weighted by atomic mass is 16.4. The lowest BCUT2D eigenvalue weighted by atomic mass is 9.71. The Kier molecular flexibility index (Phi) is 3.49. The van der Waals surface area contributed by atoms with Gasteiger partial charge in [0.25, 0.3) is 0 Å². The molecule has 14 heavy (non-hydrogen) atoms. The van der Waals surface area contributed by atoms with Gasteiger partial charge in [-0.25, -0.2) is 0 Å². The summed E-state index contributed by atoms with van der Waals surface area (Å²) in [5.41, 5.74) is 0. The zero-order valence-corrected chi connectivity index (χ0v) is 8.69. The number of carbonyl (C=O) groups excluding carboxylic acids is 1. The third-order valence-electron chi connectivity index (χ3n) is 2.76. The average Bonchev–Trinajstić information content (AvgIpc) is 1.99. The Balaban J connectivity index is 2.16. The minimum Gasteiger partial charge on any atom is -0.481 e. The lowest BCUT2D eigenvalue weighted by Crippen LogP contribution is -2.31. The first-order chi connectivity index (χ1) is 6.49. The molecule has 0 atom stereocenters. The molecule has 0 unspecified atom stereocenters. The van der Waals surface area contributed by atoms with E-state index in [2.05, 4.69) is 0 Å². The van der Waals surface area contributed by atoms with Crippen LogP contribution in [-0.4, -0.2) is 36.0 Å². The number of carbonyl (C=O) groups is 2. The Hall–Kier alpha value is -1.06. The predicted octanol–water partition coefficient (Wildman–Crippen LogP) is 0.966. The number of nitrogens with zero attached hydrogens (tertiary/aromatic N) is 1. The van der Waals surface area contributed by atoms with Crippen LogP contribution in [0.15, 0.2) is 0 Å². The van der Waals surface area contributed by atoms with Crippen molar-refractivity contribution in [2.75, 3.05) is 14.1 Å². The van der Waals surface area contributed by atoms with Gasteiger partial charge in [0.05, 0.1) is 0 Å². The van der Waals surface area contributed by atoms with E-state index in [-0.39, 0.29) is 12.3 Å². The van der Waals surface area contributed by atoms with Crippen molar-refractivity contribution in [3.63, 3.8) is 0 Å². The molecule has 1 aliphatic rings. The monoisotopic (exact) mass is 199 g/mol. The van der Waals surface area contributed by atoms with Crippen LogP contribution >= 0.6 is 0 Å². The second-order valence-electron chi connectivity index (χ2n) is 4.29. The molecule has 1 N–H and O–H groups in total. The number of hydrogen-bond donors (Lipinski definition) is 1. The summed E-state index contributed by atoms with van der Waals surface area (Å²) >= 11 is 0. The fraction of sp³-hybridized carbons (Fsp3) is 0.800. The first-order valence-corrected chi connectivity index (χ1v) is 4.91. The second-order valence-corrected chi connectivity index (χ2v) is 4.29. The quantitative estimate of drug-likeness (QED) is 0.733. The van der Waals surface area contributed by atoms with E-state index in [4.69, 9.17) is 5.11 Å². The number of amides is 1. The van der Waals surface area contributed by atoms with E-state index in [1.54, 1.807) is 19.0 Å². The van der Waals surface area contributed by atoms with E-state index in [0.29, 0.717) is 18.3 Å². The van der Waals surface area contributed by atoms with Crippen LogP contribution in [0.5, 0.6) is 0 Å². The molecule has 0 aromatic carbocycles. The Morgan fingerprint density at radius 3 is 2.14 bits per heavy atom. The van der Waals surface area contributed by atoms with Crippen molar-refractivity contribution >= 4 is 11.9 Å². The molecule has 0 aromatic heterocycles. The number of hydrogen-bond acceptors (Lipinski definition) is 2. The molecule has 1 saturated carbocycles. The number of rotatable bonds is 4. The van der Waals surface area contributed by atoms with Crippen molar-refractivity contribution in [1.82, 2.24) is 4.90 Å². The molecule has 0 aliphatic heterocycles. The van der Waals surface area contributed by atoms with Crippen molar-refractivity contribution in [2.45, 2.75) is 25.7 Å². The summed E-state index contributed by atoms with van der Waals surface area (Å²) < 4.78 is 0. The summed E-state index contributed by atoms with van der Waals surface area (Å²) in [6.07, 6.45) is 2.62. The van der Waals surface area contributed by atoms with E-state index in [9.17, 15) is 9.59 Å². The van der Waals surface area contributed by atoms with E-state index in [1.165, 1.54) is 0 Å². The van der Waals surface area contributed by atoms with E-state index in [0.717, 1.165) is 12.8 Å². The normalized spacial score (nSPS) is 25.3. The van der Waals surface area contributed by atoms with Gasteiger partial charge in [-0.2, -0.15) is 0 Å². The van der Waals surface area contributed by atoms with Gasteiger partial charge in [-0.15, -0.1) is 0 Å². The number of aliphatic carboxylic acids is 1. The largest absolute Gasteiger partial charge is 0.481 e. The van der Waals surface area contributed by atoms with Gasteiger partial charge < -0.3 is 10.0 Å². The minimum atomic E-state index is -0.729. The van der Waals surface area contributed by atoms with Crippen LogP contribution < -0.4 is 0 Å². The van der Waals surface area contributed by atoms with Crippen molar-refractivity contribution < 1.29 is 14.7 Å². The summed E-state index contributed by atoms with van der Waals surface area (Å²) in [5, 5.41) is 8.53. The van der Waals surface area contributed by atoms with Crippen LogP contribution in [0, 0.1) is 11.8 Å². The summed E-state index contributed by atoms with van der Waals surface area (Å²) in [7, 11) is 3.49. The van der Waals surface area contributed by atoms with E-state index >= 15 is 0 Å². The predicted molar refractivity (Wildman–Crippen MR) is 51.8 cm³/mol. The Labute approximate surface area is 83.9 Å². The molecule has 1 fully saturated rings. The fourth-order valence-corrected chi connectivity index (χ4v) is 1.88. The average molecular weight is 199 g/mol. The molecule has 0 spiro atoms. The number of carboxylic acids is 1. The maximum absolute atomic E-state index is 11.3. The minimum absolute atomic E-state index is 0.142. The van der Waals surface area contributed by atoms with E-state index < -0.39 is 5.97 Å². The molecular formula is C10H17NO3. The van der Waals surface area contributed by atoms with Crippen molar-refractivity contribution in [2.24, 2.45) is 11.8 Å². The molecule has 4 nitrogen and oxygen atoms in total. The standard InChI is InChI=1S/C10H17NO3/c1-11(2)9(12)5-7-3-8(4-7)6-10(13)14/h7-8H,3-6H2,1-2H3,(H,13,14). The molecule has 0 heterocycles. The van der Waals surface area contributed by atoms with Crippen molar-refractivity contribution in [3.05, 3.63) is 0 Å². The van der Waals surface area contributed by atoms with Crippen molar-refractivity contribution in [1.29, 1.82) is 0 Å². The number of carboxylic acid groups (broad SMARTS) is 1. The molecule has 0 bridgehead atoms. The highest BCUT2D eigenvalue weighted by Gasteiger charge is 2.32. The Morgan fingerprint density at radius 2 is 1.71 bits per heavy atom. The first-order valence-electron chi connectivity index (χ1n) is 4.91. The van der Waals surface area contributed by atoms with Crippen LogP contribution in [0.3, 0.4) is 0 Å². The maximum atomic E-state index is 11.3. The van der Waals surface area contributed by atoms with Gasteiger partial charge in [0.15, 0.2) is 0 Å². The molecule has 1 rings (SSSR count). The van der Waals surface area contributed by atoms with Gasteiger partial charge in [-0.05, 0) is 24.7 Å². The Morgan fingerprint density at radius 1 is 1.21 bits per heavy atom. The van der Waals surface area contributed by atoms with Gasteiger partial charge in [0, 0.05) is 26.9 Å². The molecule has 1 aliphatic carbocycles. The van der Waals surface area contributed by atoms with Gasteiger partial charge in [-0.3, -0.25) is 9.59 Å². The first kappa shape index (κ1) is 11.0. The fourth-order valence-electron chi connectivity index (χ4n) is 1.88. The van der Waals surface area contributed by atoms with E-state index in [1.807, 2.05) is 0 Å². The van der Waals surface area contributed by atoms with Crippen LogP contribution in [-0.2, 0) is 9.59 Å². The zero-order valence-electron chi connectivity index (χ0n) is 8.69. The molecule has 0 saturated heterocycles. The van der Waals surface area contributed by atoms with Gasteiger partial charge in [0.1, 0.15) is 0 Å². The van der Waals surface area contributed by atoms with Crippen molar-refractivity contribution in [3.8, 4) is 0 Å². The summed E-state index contributed by atoms with van der Waals surface area (Å²) in [4.78, 5) is 23.2. The molecule has 1 amide bonds. The van der Waals surface area contributed by atoms with Crippen LogP contribution in [0.25, 0.3) is 0 Å². The highest BCUT2D eigenvalue weighted by Crippen LogP contribution is 2.38. The zero-order chi connectivity index (χ0) is 10.7. The molecule has 0 aromatic rings.